The van der Waals surface area contributed by atoms with Gasteiger partial charge < -0.3 is 15.4 Å². The molecule has 0 saturated carbocycles. The van der Waals surface area contributed by atoms with Crippen LogP contribution in [-0.4, -0.2) is 29.6 Å². The summed E-state index contributed by atoms with van der Waals surface area (Å²) in [5.41, 5.74) is 1.63. The normalized spacial score (nSPS) is 10.6. The van der Waals surface area contributed by atoms with Crippen LogP contribution in [0.4, 0.5) is 5.69 Å². The lowest BCUT2D eigenvalue weighted by atomic mass is 10.2. The van der Waals surface area contributed by atoms with Crippen molar-refractivity contribution >= 4 is 34.8 Å². The molecule has 0 radical (unpaired) electrons. The Kier molecular flexibility index (Phi) is 8.15. The average molecular weight is 414 g/mol. The predicted octanol–water partition coefficient (Wildman–Crippen LogP) is 3.99. The zero-order chi connectivity index (χ0) is 21.4. The van der Waals surface area contributed by atoms with E-state index >= 15 is 0 Å². The van der Waals surface area contributed by atoms with E-state index in [0.29, 0.717) is 35.1 Å². The van der Waals surface area contributed by atoms with Gasteiger partial charge in [0.25, 0.3) is 11.8 Å². The fourth-order valence-electron chi connectivity index (χ4n) is 2.42. The summed E-state index contributed by atoms with van der Waals surface area (Å²) >= 11 is 5.24. The third-order valence-electron chi connectivity index (χ3n) is 3.76. The van der Waals surface area contributed by atoms with E-state index in [2.05, 4.69) is 16.0 Å². The van der Waals surface area contributed by atoms with Crippen molar-refractivity contribution in [3.63, 3.8) is 0 Å². The minimum atomic E-state index is -0.352. The lowest BCUT2D eigenvalue weighted by Gasteiger charge is -2.14. The lowest BCUT2D eigenvalue weighted by Crippen LogP contribution is -2.34. The molecule has 6 nitrogen and oxygen atoms in total. The Morgan fingerprint density at radius 1 is 0.966 bits per heavy atom. The summed E-state index contributed by atoms with van der Waals surface area (Å²) in [6.45, 7) is 8.41. The van der Waals surface area contributed by atoms with E-state index in [1.54, 1.807) is 42.5 Å². The van der Waals surface area contributed by atoms with Crippen LogP contribution in [-0.2, 0) is 0 Å². The van der Waals surface area contributed by atoms with Gasteiger partial charge in [0.1, 0.15) is 5.75 Å². The van der Waals surface area contributed by atoms with Gasteiger partial charge in [-0.2, -0.15) is 0 Å². The Balaban J connectivity index is 1.97. The van der Waals surface area contributed by atoms with Gasteiger partial charge in [0.05, 0.1) is 12.2 Å². The number of carbonyl (C=O) groups is 2. The smallest absolute Gasteiger partial charge is 0.261 e. The zero-order valence-electron chi connectivity index (χ0n) is 17.1. The van der Waals surface area contributed by atoms with Crippen molar-refractivity contribution in [2.75, 3.05) is 11.9 Å². The maximum atomic E-state index is 12.6. The predicted molar refractivity (Wildman–Crippen MR) is 120 cm³/mol. The molecule has 29 heavy (non-hydrogen) atoms. The van der Waals surface area contributed by atoms with Gasteiger partial charge in [0.15, 0.2) is 5.11 Å². The highest BCUT2D eigenvalue weighted by molar-refractivity contribution is 7.80. The fourth-order valence-corrected chi connectivity index (χ4v) is 2.63. The van der Waals surface area contributed by atoms with Crippen molar-refractivity contribution in [1.29, 1.82) is 0 Å². The number of nitrogens with one attached hydrogen (secondary N) is 3. The van der Waals surface area contributed by atoms with Crippen LogP contribution in [0.15, 0.2) is 48.5 Å². The van der Waals surface area contributed by atoms with Crippen LogP contribution in [0.3, 0.4) is 0 Å². The summed E-state index contributed by atoms with van der Waals surface area (Å²) in [4.78, 5) is 24.6. The molecule has 0 bridgehead atoms. The first kappa shape index (κ1) is 22.4. The quantitative estimate of drug-likeness (QED) is 0.598. The number of hydrogen-bond donors (Lipinski definition) is 3. The highest BCUT2D eigenvalue weighted by Gasteiger charge is 2.14. The number of thiocarbonyl (C=S) groups is 1. The molecule has 0 unspecified atom stereocenters. The van der Waals surface area contributed by atoms with Crippen LogP contribution >= 0.6 is 12.2 Å². The van der Waals surface area contributed by atoms with Gasteiger partial charge in [-0.3, -0.25) is 14.9 Å². The molecular formula is C22H27N3O3S. The first-order valence-corrected chi connectivity index (χ1v) is 9.92. The van der Waals surface area contributed by atoms with Gasteiger partial charge in [-0.1, -0.05) is 26.0 Å². The summed E-state index contributed by atoms with van der Waals surface area (Å²) in [5, 5.41) is 8.60. The zero-order valence-corrected chi connectivity index (χ0v) is 17.9. The molecule has 0 aliphatic rings. The van der Waals surface area contributed by atoms with Gasteiger partial charge in [-0.05, 0) is 68.4 Å². The molecule has 7 heteroatoms. The first-order chi connectivity index (χ1) is 13.8. The van der Waals surface area contributed by atoms with Crippen molar-refractivity contribution in [3.05, 3.63) is 59.7 Å². The van der Waals surface area contributed by atoms with Crippen molar-refractivity contribution < 1.29 is 14.3 Å². The van der Waals surface area contributed by atoms with E-state index < -0.39 is 0 Å². The first-order valence-electron chi connectivity index (χ1n) is 9.51. The van der Waals surface area contributed by atoms with Crippen LogP contribution in [0.1, 0.15) is 48.4 Å². The van der Waals surface area contributed by atoms with Crippen molar-refractivity contribution in [2.45, 2.75) is 33.7 Å². The monoisotopic (exact) mass is 413 g/mol. The van der Waals surface area contributed by atoms with E-state index in [-0.39, 0.29) is 23.0 Å². The van der Waals surface area contributed by atoms with Crippen LogP contribution in [0, 0.1) is 5.92 Å². The molecule has 3 N–H and O–H groups in total. The van der Waals surface area contributed by atoms with Gasteiger partial charge in [0.2, 0.25) is 0 Å². The molecule has 0 aromatic heterocycles. The molecule has 0 aliphatic carbocycles. The average Bonchev–Trinajstić information content (AvgIpc) is 2.66. The molecule has 2 amide bonds. The number of para-hydroxylation sites is 1. The Morgan fingerprint density at radius 2 is 1.62 bits per heavy atom. The molecule has 154 valence electrons. The topological polar surface area (TPSA) is 79.5 Å². The van der Waals surface area contributed by atoms with Gasteiger partial charge in [-0.15, -0.1) is 0 Å². The molecule has 2 aromatic carbocycles. The van der Waals surface area contributed by atoms with Crippen molar-refractivity contribution in [3.8, 4) is 5.75 Å². The number of amides is 2. The Morgan fingerprint density at radius 3 is 2.24 bits per heavy atom. The van der Waals surface area contributed by atoms with Crippen LogP contribution in [0.25, 0.3) is 0 Å². The SMILES string of the molecule is CC(C)COc1ccccc1C(=O)NC(=S)Nc1ccc(C(=O)NC(C)C)cc1. The van der Waals surface area contributed by atoms with Crippen LogP contribution in [0.2, 0.25) is 0 Å². The molecule has 2 aromatic rings. The largest absolute Gasteiger partial charge is 0.492 e. The number of rotatable bonds is 7. The van der Waals surface area contributed by atoms with Crippen LogP contribution in [0.5, 0.6) is 5.75 Å². The molecule has 0 aliphatic heterocycles. The second-order valence-electron chi connectivity index (χ2n) is 7.31. The Labute approximate surface area is 177 Å². The van der Waals surface area contributed by atoms with E-state index in [1.807, 2.05) is 33.8 Å². The highest BCUT2D eigenvalue weighted by atomic mass is 32.1. The number of ether oxygens (including phenoxy) is 1. The van der Waals surface area contributed by atoms with Crippen LogP contribution < -0.4 is 20.7 Å². The minimum Gasteiger partial charge on any atom is -0.492 e. The third-order valence-corrected chi connectivity index (χ3v) is 3.96. The molecule has 2 rings (SSSR count). The second kappa shape index (κ2) is 10.6. The standard InChI is InChI=1S/C22H27N3O3S/c1-14(2)13-28-19-8-6-5-7-18(19)21(27)25-22(29)24-17-11-9-16(10-12-17)20(26)23-15(3)4/h5-12,14-15H,13H2,1-4H3,(H,23,26)(H2,24,25,27,29). The number of benzene rings is 2. The van der Waals surface area contributed by atoms with Gasteiger partial charge in [0, 0.05) is 17.3 Å². The van der Waals surface area contributed by atoms with Gasteiger partial charge >= 0.3 is 0 Å². The summed E-state index contributed by atoms with van der Waals surface area (Å²) in [6.07, 6.45) is 0. The van der Waals surface area contributed by atoms with E-state index in [9.17, 15) is 9.59 Å². The summed E-state index contributed by atoms with van der Waals surface area (Å²) in [7, 11) is 0. The maximum Gasteiger partial charge on any atom is 0.261 e. The number of carbonyl (C=O) groups excluding carboxylic acids is 2. The fraction of sp³-hybridized carbons (Fsp3) is 0.318. The Bertz CT molecular complexity index is 864. The van der Waals surface area contributed by atoms with Crippen molar-refractivity contribution in [1.82, 2.24) is 10.6 Å². The maximum absolute atomic E-state index is 12.6. The highest BCUT2D eigenvalue weighted by Crippen LogP contribution is 2.19. The minimum absolute atomic E-state index is 0.0653. The van der Waals surface area contributed by atoms with Gasteiger partial charge in [-0.25, -0.2) is 0 Å². The Hall–Kier alpha value is -2.93. The third kappa shape index (κ3) is 7.19. The second-order valence-corrected chi connectivity index (χ2v) is 7.72. The van der Waals surface area contributed by atoms with E-state index in [1.165, 1.54) is 0 Å². The summed E-state index contributed by atoms with van der Waals surface area (Å²) in [5.74, 6) is 0.372. The molecule has 0 fully saturated rings. The number of anilines is 1. The molecule has 0 saturated heterocycles. The molecule has 0 spiro atoms. The molecular weight excluding hydrogens is 386 g/mol. The van der Waals surface area contributed by atoms with E-state index in [0.717, 1.165) is 0 Å². The molecule has 0 atom stereocenters. The number of hydrogen-bond acceptors (Lipinski definition) is 4. The summed E-state index contributed by atoms with van der Waals surface area (Å²) in [6, 6.07) is 14.0. The summed E-state index contributed by atoms with van der Waals surface area (Å²) < 4.78 is 5.72. The molecule has 0 heterocycles. The lowest BCUT2D eigenvalue weighted by molar-refractivity contribution is 0.0941. The van der Waals surface area contributed by atoms with E-state index in [4.69, 9.17) is 17.0 Å². The van der Waals surface area contributed by atoms with Crippen molar-refractivity contribution in [2.24, 2.45) is 5.92 Å².